The number of hydrogen-bond donors (Lipinski definition) is 3. The molecule has 18 heteroatoms. The van der Waals surface area contributed by atoms with Crippen molar-refractivity contribution in [2.24, 2.45) is 5.92 Å². The molecule has 0 bridgehead atoms. The summed E-state index contributed by atoms with van der Waals surface area (Å²) in [6.45, 7) is 11.9. The van der Waals surface area contributed by atoms with Crippen LogP contribution in [0.1, 0.15) is 77.3 Å². The summed E-state index contributed by atoms with van der Waals surface area (Å²) in [6, 6.07) is 35.0. The number of anilines is 3. The maximum Gasteiger partial charge on any atom is 0.280 e. The number of ether oxygens (including phenoxy) is 5. The van der Waals surface area contributed by atoms with Crippen LogP contribution in [0.25, 0.3) is 11.2 Å². The van der Waals surface area contributed by atoms with Crippen molar-refractivity contribution >= 4 is 43.2 Å². The number of aromatic amines is 1. The molecule has 17 nitrogen and oxygen atoms in total. The number of nitrogens with zero attached hydrogens (tertiary/aromatic N) is 5. The lowest BCUT2D eigenvalue weighted by Crippen LogP contribution is -2.39. The third kappa shape index (κ3) is 11.4. The Bertz CT molecular complexity index is 2670. The number of amides is 1. The van der Waals surface area contributed by atoms with Crippen LogP contribution in [0.3, 0.4) is 0 Å². The minimum atomic E-state index is -1.78. The number of aromatic nitrogens is 4. The summed E-state index contributed by atoms with van der Waals surface area (Å²) in [7, 11) is 3.07. The minimum Gasteiger partial charge on any atom is -0.497 e. The van der Waals surface area contributed by atoms with Gasteiger partial charge in [0.15, 0.2) is 11.2 Å². The van der Waals surface area contributed by atoms with Crippen LogP contribution in [0.5, 0.6) is 17.2 Å². The van der Waals surface area contributed by atoms with Crippen LogP contribution < -0.4 is 30.4 Å². The Kier molecular flexibility index (Phi) is 16.7. The molecule has 364 valence electrons. The van der Waals surface area contributed by atoms with Gasteiger partial charge in [-0.1, -0.05) is 68.4 Å². The predicted molar refractivity (Wildman–Crippen MR) is 265 cm³/mol. The van der Waals surface area contributed by atoms with E-state index in [1.165, 1.54) is 0 Å². The molecule has 4 atom stereocenters. The highest BCUT2D eigenvalue weighted by Crippen LogP contribution is 2.51. The molecule has 6 aromatic rings. The SMILES string of the molecule is COc1ccc(Nc2nc3c(=O)[nH]c(NC(=O)C(C)C)nc3n2[C@H]2C[C@H](OP(OCCC#N)N(C(C)C)C(C)C)[C@@H](COC(c3ccccc3)(c3ccc(OC)cc3)c3ccc(OC)cc3)O2)cc1. The molecule has 69 heavy (non-hydrogen) atoms. The molecule has 1 amide bonds. The Hall–Kier alpha value is -6.38. The second-order valence-electron chi connectivity index (χ2n) is 17.3. The van der Waals surface area contributed by atoms with Gasteiger partial charge in [-0.2, -0.15) is 10.2 Å². The summed E-state index contributed by atoms with van der Waals surface area (Å²) < 4.78 is 48.7. The number of H-pyrrole nitrogens is 1. The van der Waals surface area contributed by atoms with E-state index in [2.05, 4.69) is 54.1 Å². The van der Waals surface area contributed by atoms with Gasteiger partial charge in [0.1, 0.15) is 35.2 Å². The largest absolute Gasteiger partial charge is 0.497 e. The lowest BCUT2D eigenvalue weighted by atomic mass is 9.80. The van der Waals surface area contributed by atoms with E-state index in [1.807, 2.05) is 91.0 Å². The highest BCUT2D eigenvalue weighted by atomic mass is 31.2. The predicted octanol–water partition coefficient (Wildman–Crippen LogP) is 9.44. The lowest BCUT2D eigenvalue weighted by molar-refractivity contribution is -0.118. The van der Waals surface area contributed by atoms with Crippen molar-refractivity contribution in [1.29, 1.82) is 5.26 Å². The Morgan fingerprint density at radius 2 is 1.42 bits per heavy atom. The summed E-state index contributed by atoms with van der Waals surface area (Å²) in [5, 5.41) is 15.7. The van der Waals surface area contributed by atoms with Crippen LogP contribution >= 0.6 is 8.53 Å². The lowest BCUT2D eigenvalue weighted by Gasteiger charge is -2.39. The van der Waals surface area contributed by atoms with E-state index in [4.69, 9.17) is 42.7 Å². The van der Waals surface area contributed by atoms with Gasteiger partial charge in [-0.15, -0.1) is 0 Å². The molecule has 0 aliphatic carbocycles. The first-order valence-corrected chi connectivity index (χ1v) is 24.1. The number of hydrogen-bond acceptors (Lipinski definition) is 14. The molecule has 1 aliphatic rings. The topological polar surface area (TPSA) is 196 Å². The number of imidazole rings is 1. The van der Waals surface area contributed by atoms with Crippen molar-refractivity contribution in [3.63, 3.8) is 0 Å². The number of carbonyl (C=O) groups excluding carboxylic acids is 1. The third-order valence-corrected chi connectivity index (χ3v) is 13.8. The molecule has 0 spiro atoms. The fourth-order valence-electron chi connectivity index (χ4n) is 8.28. The first-order valence-electron chi connectivity index (χ1n) is 22.9. The zero-order chi connectivity index (χ0) is 49.2. The molecule has 1 fully saturated rings. The summed E-state index contributed by atoms with van der Waals surface area (Å²) >= 11 is 0. The molecule has 3 heterocycles. The van der Waals surface area contributed by atoms with Gasteiger partial charge in [0, 0.05) is 30.1 Å². The van der Waals surface area contributed by atoms with Crippen LogP contribution in [-0.2, 0) is 28.9 Å². The number of nitriles is 1. The van der Waals surface area contributed by atoms with E-state index in [9.17, 15) is 14.9 Å². The van der Waals surface area contributed by atoms with Gasteiger partial charge >= 0.3 is 0 Å². The molecule has 0 saturated carbocycles. The van der Waals surface area contributed by atoms with Gasteiger partial charge < -0.3 is 38.0 Å². The Labute approximate surface area is 404 Å². The minimum absolute atomic E-state index is 0.00942. The molecule has 1 saturated heterocycles. The Morgan fingerprint density at radius 3 is 1.96 bits per heavy atom. The summed E-state index contributed by atoms with van der Waals surface area (Å²) in [6.07, 6.45) is -1.96. The monoisotopic (exact) mass is 960 g/mol. The first kappa shape index (κ1) is 50.5. The van der Waals surface area contributed by atoms with Crippen LogP contribution in [0.15, 0.2) is 108 Å². The Morgan fingerprint density at radius 1 is 0.855 bits per heavy atom. The highest BCUT2D eigenvalue weighted by molar-refractivity contribution is 7.44. The Balaban J connectivity index is 1.38. The number of fused-ring (bicyclic) bond motifs is 1. The van der Waals surface area contributed by atoms with Gasteiger partial charge in [0.25, 0.3) is 14.1 Å². The van der Waals surface area contributed by atoms with E-state index >= 15 is 0 Å². The van der Waals surface area contributed by atoms with Crippen LogP contribution in [-0.4, -0.2) is 88.9 Å². The molecule has 1 aliphatic heterocycles. The van der Waals surface area contributed by atoms with Crippen molar-refractivity contribution in [2.45, 2.75) is 90.5 Å². The summed E-state index contributed by atoms with van der Waals surface area (Å²) in [4.78, 5) is 39.0. The molecule has 1 unspecified atom stereocenters. The molecular formula is C51H61N8O9P. The van der Waals surface area contributed by atoms with E-state index in [0.717, 1.165) is 16.7 Å². The normalized spacial score (nSPS) is 16.6. The maximum atomic E-state index is 13.9. The van der Waals surface area contributed by atoms with Crippen LogP contribution in [0, 0.1) is 17.2 Å². The van der Waals surface area contributed by atoms with Crippen molar-refractivity contribution in [2.75, 3.05) is 45.2 Å². The van der Waals surface area contributed by atoms with Gasteiger partial charge in [0.05, 0.1) is 53.1 Å². The van der Waals surface area contributed by atoms with E-state index in [0.29, 0.717) is 22.9 Å². The fraction of sp³-hybridized carbons (Fsp3) is 0.392. The second kappa shape index (κ2) is 22.8. The van der Waals surface area contributed by atoms with E-state index < -0.39 is 38.1 Å². The first-order chi connectivity index (χ1) is 33.3. The van der Waals surface area contributed by atoms with Gasteiger partial charge in [-0.25, -0.2) is 9.65 Å². The zero-order valence-electron chi connectivity index (χ0n) is 40.5. The summed E-state index contributed by atoms with van der Waals surface area (Å²) in [5.41, 5.74) is 1.56. The fourth-order valence-corrected chi connectivity index (χ4v) is 10.0. The molecule has 7 rings (SSSR count). The van der Waals surface area contributed by atoms with Crippen molar-refractivity contribution in [3.05, 3.63) is 130 Å². The van der Waals surface area contributed by atoms with Gasteiger partial charge in [0.2, 0.25) is 17.8 Å². The summed E-state index contributed by atoms with van der Waals surface area (Å²) in [5.74, 6) is 1.51. The third-order valence-electron chi connectivity index (χ3n) is 11.7. The van der Waals surface area contributed by atoms with Crippen molar-refractivity contribution in [3.8, 4) is 23.3 Å². The number of methoxy groups -OCH3 is 3. The molecule has 4 aromatic carbocycles. The van der Waals surface area contributed by atoms with Crippen LogP contribution in [0.2, 0.25) is 0 Å². The van der Waals surface area contributed by atoms with Crippen molar-refractivity contribution in [1.82, 2.24) is 24.2 Å². The standard InChI is InChI=1S/C51H61N8O9P/c1-32(2)47(60)56-49-55-46-45(48(61)57-49)54-50(53-38-20-26-41(64-9)27-21-38)58(46)44-30-42(68-69(66-29-13-28-52)59(33(3)4)34(5)6)43(67-44)31-65-51(35-14-11-10-12-15-35,36-16-22-39(62-7)23-17-36)37-18-24-40(63-8)25-19-37/h10-12,14-27,32-34,42-44H,13,29-31H2,1-9H3,(H,53,54)(H2,55,56,57,60,61)/t42-,43+,44+,69?/m0/s1. The average Bonchev–Trinajstić information content (AvgIpc) is 3.92. The molecule has 3 N–H and O–H groups in total. The molecule has 0 radical (unpaired) electrons. The highest BCUT2D eigenvalue weighted by Gasteiger charge is 2.46. The average molecular weight is 961 g/mol. The number of nitrogens with one attached hydrogen (secondary N) is 3. The van der Waals surface area contributed by atoms with Gasteiger partial charge in [-0.3, -0.25) is 24.5 Å². The van der Waals surface area contributed by atoms with Gasteiger partial charge in [-0.05, 0) is 92.9 Å². The van der Waals surface area contributed by atoms with Crippen LogP contribution in [0.4, 0.5) is 17.6 Å². The second-order valence-corrected chi connectivity index (χ2v) is 18.7. The van der Waals surface area contributed by atoms with E-state index in [-0.39, 0.29) is 73.0 Å². The van der Waals surface area contributed by atoms with E-state index in [1.54, 1.807) is 51.9 Å². The number of carbonyl (C=O) groups is 1. The zero-order valence-corrected chi connectivity index (χ0v) is 41.4. The quantitative estimate of drug-likeness (QED) is 0.0331. The molecular weight excluding hydrogens is 900 g/mol. The molecule has 2 aromatic heterocycles. The maximum absolute atomic E-state index is 13.9. The van der Waals surface area contributed by atoms with Crippen molar-refractivity contribution < 1.29 is 37.5 Å². The number of benzene rings is 4. The smallest absolute Gasteiger partial charge is 0.280 e. The number of rotatable bonds is 22.